The van der Waals surface area contributed by atoms with E-state index in [4.69, 9.17) is 4.98 Å². The molecule has 0 radical (unpaired) electrons. The Morgan fingerprint density at radius 1 is 1.15 bits per heavy atom. The Bertz CT molecular complexity index is 899. The maximum atomic E-state index is 4.72. The summed E-state index contributed by atoms with van der Waals surface area (Å²) in [5, 5.41) is 5.14. The van der Waals surface area contributed by atoms with Crippen LogP contribution in [0.2, 0.25) is 0 Å². The second kappa shape index (κ2) is 7.45. The van der Waals surface area contributed by atoms with E-state index in [2.05, 4.69) is 72.6 Å². The van der Waals surface area contributed by atoms with Gasteiger partial charge in [-0.15, -0.1) is 0 Å². The number of pyridine rings is 1. The number of benzene rings is 1. The van der Waals surface area contributed by atoms with Crippen LogP contribution in [0.1, 0.15) is 49.2 Å². The fraction of sp³-hybridized carbons (Fsp3) is 0.435. The number of aromatic nitrogens is 2. The number of aromatic amines is 1. The van der Waals surface area contributed by atoms with E-state index in [-0.39, 0.29) is 5.54 Å². The van der Waals surface area contributed by atoms with Gasteiger partial charge in [-0.2, -0.15) is 0 Å². The number of nitrogens with zero attached hydrogens (tertiary/aromatic N) is 2. The molecule has 1 aliphatic rings. The van der Waals surface area contributed by atoms with E-state index in [9.17, 15) is 0 Å². The SMILES string of the molecule is CCC(CCC1NCCc2c1[nH]c1ccccc21)(c1ccccn1)N(C)C. The fourth-order valence-electron chi connectivity index (χ4n) is 4.78. The van der Waals surface area contributed by atoms with Crippen LogP contribution in [-0.2, 0) is 12.0 Å². The second-order valence-electron chi connectivity index (χ2n) is 7.85. The Hall–Kier alpha value is -2.17. The Balaban J connectivity index is 1.63. The first-order valence-corrected chi connectivity index (χ1v) is 10.1. The Labute approximate surface area is 162 Å². The number of nitrogens with one attached hydrogen (secondary N) is 2. The third-order valence-corrected chi connectivity index (χ3v) is 6.39. The molecular formula is C23H30N4. The Morgan fingerprint density at radius 2 is 1.96 bits per heavy atom. The van der Waals surface area contributed by atoms with Crippen LogP contribution in [0.5, 0.6) is 0 Å². The summed E-state index contributed by atoms with van der Waals surface area (Å²) in [6.45, 7) is 3.32. The van der Waals surface area contributed by atoms with Crippen molar-refractivity contribution in [1.29, 1.82) is 0 Å². The molecule has 27 heavy (non-hydrogen) atoms. The number of rotatable bonds is 6. The van der Waals surface area contributed by atoms with Gasteiger partial charge in [0.1, 0.15) is 0 Å². The average Bonchev–Trinajstić information content (AvgIpc) is 3.09. The molecule has 142 valence electrons. The van der Waals surface area contributed by atoms with Gasteiger partial charge in [0.15, 0.2) is 0 Å². The molecular weight excluding hydrogens is 332 g/mol. The summed E-state index contributed by atoms with van der Waals surface area (Å²) in [5.74, 6) is 0. The molecule has 1 aliphatic heterocycles. The lowest BCUT2D eigenvalue weighted by molar-refractivity contribution is 0.118. The van der Waals surface area contributed by atoms with Crippen molar-refractivity contribution < 1.29 is 0 Å². The van der Waals surface area contributed by atoms with Gasteiger partial charge in [0.25, 0.3) is 0 Å². The monoisotopic (exact) mass is 362 g/mol. The van der Waals surface area contributed by atoms with E-state index in [0.29, 0.717) is 6.04 Å². The topological polar surface area (TPSA) is 44.0 Å². The van der Waals surface area contributed by atoms with E-state index >= 15 is 0 Å². The summed E-state index contributed by atoms with van der Waals surface area (Å²) >= 11 is 0. The highest BCUT2D eigenvalue weighted by molar-refractivity contribution is 5.85. The minimum Gasteiger partial charge on any atom is -0.357 e. The van der Waals surface area contributed by atoms with Gasteiger partial charge in [-0.3, -0.25) is 9.88 Å². The molecule has 1 aromatic carbocycles. The van der Waals surface area contributed by atoms with Gasteiger partial charge < -0.3 is 10.3 Å². The van der Waals surface area contributed by atoms with Crippen molar-refractivity contribution in [3.8, 4) is 0 Å². The van der Waals surface area contributed by atoms with E-state index in [1.807, 2.05) is 12.3 Å². The minimum atomic E-state index is -0.0352. The first kappa shape index (κ1) is 18.2. The van der Waals surface area contributed by atoms with Crippen molar-refractivity contribution >= 4 is 10.9 Å². The predicted molar refractivity (Wildman–Crippen MR) is 112 cm³/mol. The van der Waals surface area contributed by atoms with Crippen LogP contribution in [-0.4, -0.2) is 35.5 Å². The largest absolute Gasteiger partial charge is 0.357 e. The fourth-order valence-corrected chi connectivity index (χ4v) is 4.78. The first-order chi connectivity index (χ1) is 13.2. The minimum absolute atomic E-state index is 0.0352. The number of hydrogen-bond donors (Lipinski definition) is 2. The summed E-state index contributed by atoms with van der Waals surface area (Å²) in [4.78, 5) is 10.8. The smallest absolute Gasteiger partial charge is 0.0626 e. The van der Waals surface area contributed by atoms with Crippen LogP contribution in [0.3, 0.4) is 0 Å². The molecule has 2 aromatic heterocycles. The molecule has 0 fully saturated rings. The number of para-hydroxylation sites is 1. The van der Waals surface area contributed by atoms with E-state index in [0.717, 1.165) is 32.2 Å². The summed E-state index contributed by atoms with van der Waals surface area (Å²) in [5.41, 5.74) is 5.28. The van der Waals surface area contributed by atoms with Crippen molar-refractivity contribution in [2.75, 3.05) is 20.6 Å². The highest BCUT2D eigenvalue weighted by Gasteiger charge is 2.35. The van der Waals surface area contributed by atoms with E-state index in [1.165, 1.54) is 27.9 Å². The third kappa shape index (κ3) is 3.17. The molecule has 0 bridgehead atoms. The van der Waals surface area contributed by atoms with Crippen LogP contribution in [0, 0.1) is 0 Å². The van der Waals surface area contributed by atoms with Gasteiger partial charge in [-0.1, -0.05) is 31.2 Å². The molecule has 0 aliphatic carbocycles. The van der Waals surface area contributed by atoms with E-state index < -0.39 is 0 Å². The van der Waals surface area contributed by atoms with Crippen molar-refractivity contribution in [3.05, 3.63) is 65.6 Å². The molecule has 2 N–H and O–H groups in total. The lowest BCUT2D eigenvalue weighted by Crippen LogP contribution is -2.43. The number of hydrogen-bond acceptors (Lipinski definition) is 3. The molecule has 0 saturated carbocycles. The zero-order valence-electron chi connectivity index (χ0n) is 16.6. The zero-order chi connectivity index (χ0) is 18.9. The lowest BCUT2D eigenvalue weighted by Gasteiger charge is -2.40. The molecule has 2 atom stereocenters. The van der Waals surface area contributed by atoms with Crippen molar-refractivity contribution in [3.63, 3.8) is 0 Å². The third-order valence-electron chi connectivity index (χ3n) is 6.39. The quantitative estimate of drug-likeness (QED) is 0.683. The lowest BCUT2D eigenvalue weighted by atomic mass is 9.82. The highest BCUT2D eigenvalue weighted by Crippen LogP contribution is 2.38. The predicted octanol–water partition coefficient (Wildman–Crippen LogP) is 4.40. The van der Waals surface area contributed by atoms with Crippen molar-refractivity contribution in [1.82, 2.24) is 20.2 Å². The molecule has 4 heteroatoms. The van der Waals surface area contributed by atoms with Crippen LogP contribution >= 0.6 is 0 Å². The van der Waals surface area contributed by atoms with Crippen LogP contribution in [0.15, 0.2) is 48.7 Å². The van der Waals surface area contributed by atoms with Gasteiger partial charge in [0, 0.05) is 28.8 Å². The Kier molecular flexibility index (Phi) is 5.02. The molecule has 2 unspecified atom stereocenters. The van der Waals surface area contributed by atoms with Gasteiger partial charge in [0.2, 0.25) is 0 Å². The summed E-state index contributed by atoms with van der Waals surface area (Å²) < 4.78 is 0. The summed E-state index contributed by atoms with van der Waals surface area (Å²) in [6, 6.07) is 15.3. The molecule has 4 nitrogen and oxygen atoms in total. The van der Waals surface area contributed by atoms with Crippen LogP contribution < -0.4 is 5.32 Å². The van der Waals surface area contributed by atoms with Gasteiger partial charge in [-0.05, 0) is 70.1 Å². The molecule has 0 saturated heterocycles. The Morgan fingerprint density at radius 3 is 2.70 bits per heavy atom. The summed E-state index contributed by atoms with van der Waals surface area (Å²) in [6.07, 6.45) is 6.21. The van der Waals surface area contributed by atoms with Gasteiger partial charge >= 0.3 is 0 Å². The van der Waals surface area contributed by atoms with Gasteiger partial charge in [0.05, 0.1) is 11.2 Å². The standard InChI is InChI=1S/C23H30N4/c1-4-23(27(2)3,21-11-7-8-15-25-21)14-12-20-22-18(13-16-24-20)17-9-5-6-10-19(17)26-22/h5-11,15,20,24,26H,4,12-14,16H2,1-3H3. The zero-order valence-corrected chi connectivity index (χ0v) is 16.6. The normalized spacial score (nSPS) is 19.2. The maximum Gasteiger partial charge on any atom is 0.0626 e. The van der Waals surface area contributed by atoms with Crippen molar-refractivity contribution in [2.45, 2.75) is 44.2 Å². The summed E-state index contributed by atoms with van der Waals surface area (Å²) in [7, 11) is 4.36. The highest BCUT2D eigenvalue weighted by atomic mass is 15.2. The molecule has 0 spiro atoms. The van der Waals surface area contributed by atoms with Crippen molar-refractivity contribution in [2.24, 2.45) is 0 Å². The van der Waals surface area contributed by atoms with E-state index in [1.54, 1.807) is 0 Å². The van der Waals surface area contributed by atoms with Gasteiger partial charge in [-0.25, -0.2) is 0 Å². The molecule has 3 aromatic rings. The molecule has 3 heterocycles. The average molecular weight is 363 g/mol. The molecule has 4 rings (SSSR count). The number of fused-ring (bicyclic) bond motifs is 3. The maximum absolute atomic E-state index is 4.72. The number of H-pyrrole nitrogens is 1. The molecule has 0 amide bonds. The first-order valence-electron chi connectivity index (χ1n) is 10.1. The van der Waals surface area contributed by atoms with Crippen LogP contribution in [0.25, 0.3) is 10.9 Å². The second-order valence-corrected chi connectivity index (χ2v) is 7.85. The van der Waals surface area contributed by atoms with Crippen LogP contribution in [0.4, 0.5) is 0 Å².